The standard InChI is InChI=1S/C9H13N3O2/c13-9(14)7-3-1-2-4-8(7)12-6-10-5-11-12/h5-8H,1-4H2,(H,13,14)/t7-,8+/m0/s1. The van der Waals surface area contributed by atoms with Gasteiger partial charge < -0.3 is 5.11 Å². The molecule has 2 atom stereocenters. The molecule has 5 nitrogen and oxygen atoms in total. The summed E-state index contributed by atoms with van der Waals surface area (Å²) in [6.45, 7) is 0. The number of carboxylic acids is 1. The van der Waals surface area contributed by atoms with E-state index in [9.17, 15) is 4.79 Å². The molecule has 1 aromatic rings. The third-order valence-electron chi connectivity index (χ3n) is 2.82. The summed E-state index contributed by atoms with van der Waals surface area (Å²) in [6.07, 6.45) is 6.77. The van der Waals surface area contributed by atoms with Gasteiger partial charge in [-0.25, -0.2) is 9.67 Å². The zero-order valence-electron chi connectivity index (χ0n) is 7.83. The third-order valence-corrected chi connectivity index (χ3v) is 2.82. The van der Waals surface area contributed by atoms with E-state index in [2.05, 4.69) is 10.1 Å². The highest BCUT2D eigenvalue weighted by atomic mass is 16.4. The lowest BCUT2D eigenvalue weighted by atomic mass is 9.85. The van der Waals surface area contributed by atoms with Crippen LogP contribution in [0.3, 0.4) is 0 Å². The topological polar surface area (TPSA) is 68.0 Å². The number of hydrogen-bond donors (Lipinski definition) is 1. The predicted octanol–water partition coefficient (Wildman–Crippen LogP) is 1.09. The number of carboxylic acid groups (broad SMARTS) is 1. The van der Waals surface area contributed by atoms with Crippen LogP contribution in [0.2, 0.25) is 0 Å². The Bertz CT molecular complexity index is 310. The van der Waals surface area contributed by atoms with Crippen LogP contribution in [0, 0.1) is 5.92 Å². The van der Waals surface area contributed by atoms with Crippen LogP contribution in [0.25, 0.3) is 0 Å². The van der Waals surface area contributed by atoms with Gasteiger partial charge in [0.25, 0.3) is 0 Å². The van der Waals surface area contributed by atoms with Gasteiger partial charge >= 0.3 is 5.97 Å². The molecular weight excluding hydrogens is 182 g/mol. The Labute approximate surface area is 81.8 Å². The van der Waals surface area contributed by atoms with E-state index in [4.69, 9.17) is 5.11 Å². The Balaban J connectivity index is 2.18. The molecule has 0 amide bonds. The van der Waals surface area contributed by atoms with Crippen molar-refractivity contribution in [3.8, 4) is 0 Å². The van der Waals surface area contributed by atoms with E-state index in [1.165, 1.54) is 6.33 Å². The first-order valence-corrected chi connectivity index (χ1v) is 4.86. The molecule has 0 bridgehead atoms. The summed E-state index contributed by atoms with van der Waals surface area (Å²) in [6, 6.07) is -0.0104. The van der Waals surface area contributed by atoms with Crippen molar-refractivity contribution in [3.63, 3.8) is 0 Å². The van der Waals surface area contributed by atoms with Crippen LogP contribution in [-0.2, 0) is 4.79 Å². The first-order valence-electron chi connectivity index (χ1n) is 4.86. The highest BCUT2D eigenvalue weighted by Gasteiger charge is 2.32. The Hall–Kier alpha value is -1.39. The molecule has 1 N–H and O–H groups in total. The van der Waals surface area contributed by atoms with E-state index in [1.54, 1.807) is 11.0 Å². The molecule has 1 aliphatic rings. The molecule has 1 aliphatic carbocycles. The van der Waals surface area contributed by atoms with Crippen LogP contribution in [0.15, 0.2) is 12.7 Å². The van der Waals surface area contributed by atoms with Crippen molar-refractivity contribution in [2.75, 3.05) is 0 Å². The van der Waals surface area contributed by atoms with Gasteiger partial charge in [-0.05, 0) is 12.8 Å². The molecular formula is C9H13N3O2. The van der Waals surface area contributed by atoms with Gasteiger partial charge in [-0.15, -0.1) is 0 Å². The molecule has 76 valence electrons. The molecule has 0 radical (unpaired) electrons. The fraction of sp³-hybridized carbons (Fsp3) is 0.667. The highest BCUT2D eigenvalue weighted by molar-refractivity contribution is 5.70. The van der Waals surface area contributed by atoms with Gasteiger partial charge in [-0.2, -0.15) is 5.10 Å². The van der Waals surface area contributed by atoms with Gasteiger partial charge in [0.1, 0.15) is 12.7 Å². The zero-order chi connectivity index (χ0) is 9.97. The Morgan fingerprint density at radius 2 is 2.21 bits per heavy atom. The molecule has 0 aromatic carbocycles. The van der Waals surface area contributed by atoms with Crippen LogP contribution in [0.1, 0.15) is 31.7 Å². The van der Waals surface area contributed by atoms with Crippen molar-refractivity contribution in [1.29, 1.82) is 0 Å². The van der Waals surface area contributed by atoms with Crippen molar-refractivity contribution in [3.05, 3.63) is 12.7 Å². The van der Waals surface area contributed by atoms with Gasteiger partial charge in [0, 0.05) is 0 Å². The molecule has 0 saturated heterocycles. The maximum Gasteiger partial charge on any atom is 0.308 e. The summed E-state index contributed by atoms with van der Waals surface area (Å²) in [5, 5.41) is 13.1. The first kappa shape index (κ1) is 9.18. The molecule has 0 spiro atoms. The van der Waals surface area contributed by atoms with Crippen LogP contribution in [0.5, 0.6) is 0 Å². The largest absolute Gasteiger partial charge is 0.481 e. The maximum atomic E-state index is 11.0. The number of aromatic nitrogens is 3. The second-order valence-electron chi connectivity index (χ2n) is 3.67. The summed E-state index contributed by atoms with van der Waals surface area (Å²) in [5.74, 6) is -1.02. The number of hydrogen-bond acceptors (Lipinski definition) is 3. The molecule has 1 saturated carbocycles. The molecule has 1 heterocycles. The van der Waals surface area contributed by atoms with Crippen molar-refractivity contribution in [2.45, 2.75) is 31.7 Å². The zero-order valence-corrected chi connectivity index (χ0v) is 7.83. The first-order chi connectivity index (χ1) is 6.79. The van der Waals surface area contributed by atoms with E-state index < -0.39 is 5.97 Å². The summed E-state index contributed by atoms with van der Waals surface area (Å²) in [5.41, 5.74) is 0. The number of aliphatic carboxylic acids is 1. The molecule has 5 heteroatoms. The molecule has 14 heavy (non-hydrogen) atoms. The fourth-order valence-corrected chi connectivity index (χ4v) is 2.10. The van der Waals surface area contributed by atoms with E-state index >= 15 is 0 Å². The minimum absolute atomic E-state index is 0.0104. The minimum Gasteiger partial charge on any atom is -0.481 e. The van der Waals surface area contributed by atoms with E-state index in [1.807, 2.05) is 0 Å². The number of carbonyl (C=O) groups is 1. The monoisotopic (exact) mass is 195 g/mol. The number of rotatable bonds is 2. The summed E-state index contributed by atoms with van der Waals surface area (Å²) in [7, 11) is 0. The highest BCUT2D eigenvalue weighted by Crippen LogP contribution is 2.33. The fourth-order valence-electron chi connectivity index (χ4n) is 2.10. The Morgan fingerprint density at radius 3 is 2.86 bits per heavy atom. The second kappa shape index (κ2) is 3.77. The predicted molar refractivity (Wildman–Crippen MR) is 48.7 cm³/mol. The average Bonchev–Trinajstić information content (AvgIpc) is 2.70. The lowest BCUT2D eigenvalue weighted by Crippen LogP contribution is -2.29. The van der Waals surface area contributed by atoms with E-state index in [0.717, 1.165) is 25.7 Å². The molecule has 0 aliphatic heterocycles. The molecule has 1 fully saturated rings. The minimum atomic E-state index is -0.717. The SMILES string of the molecule is O=C(O)[C@H]1CCCC[C@H]1n1cncn1. The van der Waals surface area contributed by atoms with E-state index in [0.29, 0.717) is 0 Å². The van der Waals surface area contributed by atoms with Gasteiger partial charge in [0.2, 0.25) is 0 Å². The second-order valence-corrected chi connectivity index (χ2v) is 3.67. The van der Waals surface area contributed by atoms with E-state index in [-0.39, 0.29) is 12.0 Å². The quantitative estimate of drug-likeness (QED) is 0.767. The van der Waals surface area contributed by atoms with Gasteiger partial charge in [-0.1, -0.05) is 12.8 Å². The number of nitrogens with zero attached hydrogens (tertiary/aromatic N) is 3. The van der Waals surface area contributed by atoms with Crippen LogP contribution in [-0.4, -0.2) is 25.8 Å². The summed E-state index contributed by atoms with van der Waals surface area (Å²) < 4.78 is 1.68. The van der Waals surface area contributed by atoms with Crippen LogP contribution < -0.4 is 0 Å². The lowest BCUT2D eigenvalue weighted by Gasteiger charge is -2.28. The lowest BCUT2D eigenvalue weighted by molar-refractivity contribution is -0.144. The molecule has 1 aromatic heterocycles. The van der Waals surface area contributed by atoms with Crippen molar-refractivity contribution in [1.82, 2.24) is 14.8 Å². The summed E-state index contributed by atoms with van der Waals surface area (Å²) in [4.78, 5) is 14.8. The van der Waals surface area contributed by atoms with Crippen molar-refractivity contribution >= 4 is 5.97 Å². The average molecular weight is 195 g/mol. The molecule has 2 rings (SSSR count). The van der Waals surface area contributed by atoms with Crippen molar-refractivity contribution < 1.29 is 9.90 Å². The Kier molecular flexibility index (Phi) is 2.47. The van der Waals surface area contributed by atoms with Crippen LogP contribution >= 0.6 is 0 Å². The van der Waals surface area contributed by atoms with Crippen LogP contribution in [0.4, 0.5) is 0 Å². The van der Waals surface area contributed by atoms with Gasteiger partial charge in [0.05, 0.1) is 12.0 Å². The van der Waals surface area contributed by atoms with Gasteiger partial charge in [0.15, 0.2) is 0 Å². The Morgan fingerprint density at radius 1 is 1.43 bits per heavy atom. The van der Waals surface area contributed by atoms with Gasteiger partial charge in [-0.3, -0.25) is 4.79 Å². The normalized spacial score (nSPS) is 27.4. The smallest absolute Gasteiger partial charge is 0.308 e. The maximum absolute atomic E-state index is 11.0. The molecule has 0 unspecified atom stereocenters. The third kappa shape index (κ3) is 1.62. The summed E-state index contributed by atoms with van der Waals surface area (Å²) >= 11 is 0. The van der Waals surface area contributed by atoms with Crippen molar-refractivity contribution in [2.24, 2.45) is 5.92 Å².